The van der Waals surface area contributed by atoms with Crippen molar-refractivity contribution in [3.8, 4) is 5.75 Å². The van der Waals surface area contributed by atoms with Gasteiger partial charge in [0.15, 0.2) is 5.96 Å². The SMILES string of the molecule is CN=C(NCCC1=CCCCC1)NCc1cccc(OCCN2CCOCC2)c1.I. The molecular weight excluding hydrogens is 491 g/mol. The molecule has 0 spiro atoms. The van der Waals surface area contributed by atoms with Gasteiger partial charge in [-0.05, 0) is 49.8 Å². The molecule has 0 bridgehead atoms. The molecule has 6 nitrogen and oxygen atoms in total. The smallest absolute Gasteiger partial charge is 0.191 e. The predicted octanol–water partition coefficient (Wildman–Crippen LogP) is 3.57. The molecule has 7 heteroatoms. The number of morpholine rings is 1. The van der Waals surface area contributed by atoms with Gasteiger partial charge in [0.25, 0.3) is 0 Å². The number of allylic oxidation sites excluding steroid dienone is 1. The van der Waals surface area contributed by atoms with E-state index in [9.17, 15) is 0 Å². The van der Waals surface area contributed by atoms with E-state index in [4.69, 9.17) is 9.47 Å². The van der Waals surface area contributed by atoms with Crippen molar-refractivity contribution < 1.29 is 9.47 Å². The summed E-state index contributed by atoms with van der Waals surface area (Å²) in [7, 11) is 1.82. The first-order valence-corrected chi connectivity index (χ1v) is 11.0. The molecule has 1 aromatic carbocycles. The highest BCUT2D eigenvalue weighted by Crippen LogP contribution is 2.19. The quantitative estimate of drug-likeness (QED) is 0.222. The van der Waals surface area contributed by atoms with E-state index < -0.39 is 0 Å². The van der Waals surface area contributed by atoms with Gasteiger partial charge >= 0.3 is 0 Å². The van der Waals surface area contributed by atoms with Crippen LogP contribution in [0.25, 0.3) is 0 Å². The van der Waals surface area contributed by atoms with Crippen molar-refractivity contribution in [1.29, 1.82) is 0 Å². The van der Waals surface area contributed by atoms with Crippen LogP contribution in [0.1, 0.15) is 37.7 Å². The third-order valence-corrected chi connectivity index (χ3v) is 5.49. The average Bonchev–Trinajstić information content (AvgIpc) is 2.78. The normalized spacial score (nSPS) is 17.6. The molecule has 1 saturated heterocycles. The van der Waals surface area contributed by atoms with E-state index in [0.29, 0.717) is 6.61 Å². The lowest BCUT2D eigenvalue weighted by atomic mass is 9.97. The Morgan fingerprint density at radius 3 is 2.83 bits per heavy atom. The number of aliphatic imine (C=N–C) groups is 1. The zero-order valence-electron chi connectivity index (χ0n) is 18.2. The van der Waals surface area contributed by atoms with E-state index in [1.807, 2.05) is 19.2 Å². The Balaban J connectivity index is 0.00000320. The number of halogens is 1. The Bertz CT molecular complexity index is 675. The number of rotatable bonds is 9. The van der Waals surface area contributed by atoms with Gasteiger partial charge in [-0.15, -0.1) is 24.0 Å². The monoisotopic (exact) mass is 528 g/mol. The standard InChI is InChI=1S/C23H36N4O2.HI/c1-24-23(25-11-10-20-6-3-2-4-7-20)26-19-21-8-5-9-22(18-21)29-17-14-27-12-15-28-16-13-27;/h5-6,8-9,18H,2-4,7,10-17,19H2,1H3,(H2,24,25,26);1H. The first kappa shape index (κ1) is 24.9. The first-order valence-electron chi connectivity index (χ1n) is 11.0. The van der Waals surface area contributed by atoms with E-state index >= 15 is 0 Å². The van der Waals surface area contributed by atoms with E-state index in [1.165, 1.54) is 31.2 Å². The summed E-state index contributed by atoms with van der Waals surface area (Å²) in [5.41, 5.74) is 2.77. The molecule has 168 valence electrons. The van der Waals surface area contributed by atoms with E-state index in [1.54, 1.807) is 5.57 Å². The summed E-state index contributed by atoms with van der Waals surface area (Å²) in [4.78, 5) is 6.72. The lowest BCUT2D eigenvalue weighted by Gasteiger charge is -2.26. The Labute approximate surface area is 198 Å². The minimum Gasteiger partial charge on any atom is -0.492 e. The molecule has 0 radical (unpaired) electrons. The highest BCUT2D eigenvalue weighted by atomic mass is 127. The second-order valence-corrected chi connectivity index (χ2v) is 7.66. The van der Waals surface area contributed by atoms with Crippen LogP contribution in [0.3, 0.4) is 0 Å². The third kappa shape index (κ3) is 9.22. The van der Waals surface area contributed by atoms with Gasteiger partial charge in [-0.1, -0.05) is 23.8 Å². The van der Waals surface area contributed by atoms with Gasteiger partial charge in [-0.3, -0.25) is 9.89 Å². The second-order valence-electron chi connectivity index (χ2n) is 7.66. The molecule has 1 heterocycles. The van der Waals surface area contributed by atoms with Crippen LogP contribution >= 0.6 is 24.0 Å². The number of hydrogen-bond donors (Lipinski definition) is 2. The van der Waals surface area contributed by atoms with Crippen molar-refractivity contribution >= 4 is 29.9 Å². The van der Waals surface area contributed by atoms with Gasteiger partial charge in [0.05, 0.1) is 13.2 Å². The molecular formula is C23H37IN4O2. The van der Waals surface area contributed by atoms with Gasteiger partial charge in [0.2, 0.25) is 0 Å². The molecule has 30 heavy (non-hydrogen) atoms. The molecule has 0 aromatic heterocycles. The minimum atomic E-state index is 0. The number of guanidine groups is 1. The Kier molecular flexibility index (Phi) is 12.2. The van der Waals surface area contributed by atoms with E-state index in [2.05, 4.69) is 38.7 Å². The van der Waals surface area contributed by atoms with Gasteiger partial charge in [-0.2, -0.15) is 0 Å². The van der Waals surface area contributed by atoms with Crippen LogP contribution in [-0.2, 0) is 11.3 Å². The number of ether oxygens (including phenoxy) is 2. The van der Waals surface area contributed by atoms with Crippen LogP contribution < -0.4 is 15.4 Å². The van der Waals surface area contributed by atoms with Crippen molar-refractivity contribution in [2.75, 3.05) is 53.0 Å². The summed E-state index contributed by atoms with van der Waals surface area (Å²) in [6.07, 6.45) is 8.69. The summed E-state index contributed by atoms with van der Waals surface area (Å²) in [5, 5.41) is 6.82. The zero-order chi connectivity index (χ0) is 20.2. The molecule has 1 aromatic rings. The molecule has 2 N–H and O–H groups in total. The Morgan fingerprint density at radius 2 is 2.07 bits per heavy atom. The molecule has 3 rings (SSSR count). The van der Waals surface area contributed by atoms with E-state index in [0.717, 1.165) is 64.1 Å². The molecule has 1 aliphatic carbocycles. The molecule has 0 saturated carbocycles. The van der Waals surface area contributed by atoms with Crippen molar-refractivity contribution in [2.45, 2.75) is 38.6 Å². The summed E-state index contributed by atoms with van der Waals surface area (Å²) >= 11 is 0. The average molecular weight is 528 g/mol. The van der Waals surface area contributed by atoms with Crippen LogP contribution in [-0.4, -0.2) is 63.9 Å². The summed E-state index contributed by atoms with van der Waals surface area (Å²) in [5.74, 6) is 1.77. The van der Waals surface area contributed by atoms with Crippen molar-refractivity contribution in [1.82, 2.24) is 15.5 Å². The van der Waals surface area contributed by atoms with Crippen molar-refractivity contribution in [2.24, 2.45) is 4.99 Å². The molecule has 0 unspecified atom stereocenters. The molecule has 0 amide bonds. The highest BCUT2D eigenvalue weighted by Gasteiger charge is 2.10. The summed E-state index contributed by atoms with van der Waals surface area (Å²) in [6.45, 7) is 6.95. The van der Waals surface area contributed by atoms with Gasteiger partial charge in [-0.25, -0.2) is 0 Å². The zero-order valence-corrected chi connectivity index (χ0v) is 20.5. The van der Waals surface area contributed by atoms with Gasteiger partial charge in [0, 0.05) is 39.8 Å². The van der Waals surface area contributed by atoms with Crippen molar-refractivity contribution in [3.05, 3.63) is 41.5 Å². The van der Waals surface area contributed by atoms with Crippen molar-refractivity contribution in [3.63, 3.8) is 0 Å². The lowest BCUT2D eigenvalue weighted by Crippen LogP contribution is -2.38. The maximum atomic E-state index is 5.95. The van der Waals surface area contributed by atoms with Crippen LogP contribution in [0.5, 0.6) is 5.75 Å². The maximum Gasteiger partial charge on any atom is 0.191 e. The van der Waals surface area contributed by atoms with E-state index in [-0.39, 0.29) is 24.0 Å². The van der Waals surface area contributed by atoms with Gasteiger partial charge in [0.1, 0.15) is 12.4 Å². The topological polar surface area (TPSA) is 58.1 Å². The maximum absolute atomic E-state index is 5.95. The number of benzene rings is 1. The van der Waals surface area contributed by atoms with Gasteiger partial charge < -0.3 is 20.1 Å². The fourth-order valence-corrected chi connectivity index (χ4v) is 3.74. The summed E-state index contributed by atoms with van der Waals surface area (Å²) in [6, 6.07) is 8.29. The minimum absolute atomic E-state index is 0. The molecule has 0 atom stereocenters. The molecule has 1 aliphatic heterocycles. The predicted molar refractivity (Wildman–Crippen MR) is 134 cm³/mol. The van der Waals surface area contributed by atoms with Crippen LogP contribution in [0.2, 0.25) is 0 Å². The highest BCUT2D eigenvalue weighted by molar-refractivity contribution is 14.0. The Morgan fingerprint density at radius 1 is 1.20 bits per heavy atom. The third-order valence-electron chi connectivity index (χ3n) is 5.49. The summed E-state index contributed by atoms with van der Waals surface area (Å²) < 4.78 is 11.3. The Hall–Kier alpha value is -1.32. The molecule has 2 aliphatic rings. The number of hydrogen-bond acceptors (Lipinski definition) is 4. The lowest BCUT2D eigenvalue weighted by molar-refractivity contribution is 0.0322. The van der Waals surface area contributed by atoms with Crippen LogP contribution in [0.4, 0.5) is 0 Å². The largest absolute Gasteiger partial charge is 0.492 e. The second kappa shape index (κ2) is 14.6. The first-order chi connectivity index (χ1) is 14.3. The van der Waals surface area contributed by atoms with Crippen LogP contribution in [0, 0.1) is 0 Å². The van der Waals surface area contributed by atoms with Crippen LogP contribution in [0.15, 0.2) is 40.9 Å². The fraction of sp³-hybridized carbons (Fsp3) is 0.609. The molecule has 1 fully saturated rings. The number of nitrogens with zero attached hydrogens (tertiary/aromatic N) is 2. The number of nitrogens with one attached hydrogen (secondary N) is 2. The fourth-order valence-electron chi connectivity index (χ4n) is 3.74.